The van der Waals surface area contributed by atoms with Crippen LogP contribution in [-0.2, 0) is 59.2 Å². The lowest BCUT2D eigenvalue weighted by Gasteiger charge is -2.27. The Morgan fingerprint density at radius 3 is 1.12 bits per heavy atom. The van der Waals surface area contributed by atoms with E-state index in [1.54, 1.807) is 42.7 Å². The van der Waals surface area contributed by atoms with Gasteiger partial charge >= 0.3 is 0 Å². The van der Waals surface area contributed by atoms with Gasteiger partial charge < -0.3 is 86.6 Å². The predicted octanol–water partition coefficient (Wildman–Crippen LogP) is -1.79. The lowest BCUT2D eigenvalue weighted by molar-refractivity contribution is -0.135. The molecule has 3 aromatic carbocycles. The summed E-state index contributed by atoms with van der Waals surface area (Å²) in [6.45, 7) is 0.169. The highest BCUT2D eigenvalue weighted by Gasteiger charge is 2.36. The van der Waals surface area contributed by atoms with Gasteiger partial charge in [0, 0.05) is 91.4 Å². The van der Waals surface area contributed by atoms with Gasteiger partial charge in [-0.25, -0.2) is 4.98 Å². The van der Waals surface area contributed by atoms with Gasteiger partial charge in [-0.2, -0.15) is 0 Å². The van der Waals surface area contributed by atoms with Crippen molar-refractivity contribution in [1.82, 2.24) is 57.2 Å². The van der Waals surface area contributed by atoms with Crippen molar-refractivity contribution in [1.29, 1.82) is 0 Å². The second-order valence-electron chi connectivity index (χ2n) is 19.9. The first kappa shape index (κ1) is 59.7. The third-order valence-corrected chi connectivity index (χ3v) is 13.7. The van der Waals surface area contributed by atoms with Gasteiger partial charge in [-0.05, 0) is 67.3 Å². The summed E-state index contributed by atoms with van der Waals surface area (Å²) in [5, 5.41) is 21.3. The number of para-hydroxylation sites is 2. The Kier molecular flexibility index (Phi) is 21.3. The Morgan fingerprint density at radius 2 is 0.744 bits per heavy atom. The van der Waals surface area contributed by atoms with Gasteiger partial charge in [0.15, 0.2) is 17.9 Å². The Hall–Kier alpha value is -9.95. The Morgan fingerprint density at radius 1 is 0.402 bits per heavy atom. The van der Waals surface area contributed by atoms with Crippen molar-refractivity contribution in [3.8, 4) is 0 Å². The van der Waals surface area contributed by atoms with E-state index in [1.165, 1.54) is 12.5 Å². The molecule has 82 heavy (non-hydrogen) atoms. The Bertz CT molecular complexity index is 3230. The second-order valence-corrected chi connectivity index (χ2v) is 19.9. The highest BCUT2D eigenvalue weighted by atomic mass is 16.2. The summed E-state index contributed by atoms with van der Waals surface area (Å²) < 4.78 is 0. The van der Waals surface area contributed by atoms with Gasteiger partial charge in [0.05, 0.1) is 6.33 Å². The van der Waals surface area contributed by atoms with Gasteiger partial charge in [-0.1, -0.05) is 66.7 Å². The van der Waals surface area contributed by atoms with Crippen LogP contribution in [0.2, 0.25) is 0 Å². The molecule has 1 aliphatic heterocycles. The van der Waals surface area contributed by atoms with Gasteiger partial charge in [-0.15, -0.1) is 0 Å². The van der Waals surface area contributed by atoms with Crippen LogP contribution in [0.1, 0.15) is 60.9 Å². The molecule has 7 amide bonds. The number of fused-ring (bicyclic) bond motifs is 2. The third kappa shape index (κ3) is 17.5. The van der Waals surface area contributed by atoms with Crippen molar-refractivity contribution in [3.63, 3.8) is 0 Å². The number of aliphatic imine (C=N–C) groups is 3. The Balaban J connectivity index is 1.35. The van der Waals surface area contributed by atoms with E-state index in [0.29, 0.717) is 22.4 Å². The number of amides is 7. The lowest BCUT2D eigenvalue weighted by Crippen LogP contribution is -2.60. The first-order chi connectivity index (χ1) is 39.5. The highest BCUT2D eigenvalue weighted by molar-refractivity contribution is 5.99. The number of benzene rings is 3. The fourth-order valence-electron chi connectivity index (χ4n) is 9.57. The number of hydrogen-bond donors (Lipinski definition) is 16. The van der Waals surface area contributed by atoms with E-state index in [0.717, 1.165) is 21.8 Å². The van der Waals surface area contributed by atoms with Crippen LogP contribution in [0.5, 0.6) is 0 Å². The van der Waals surface area contributed by atoms with Crippen molar-refractivity contribution in [2.75, 3.05) is 19.6 Å². The molecule has 6 aromatic rings. The van der Waals surface area contributed by atoms with E-state index in [9.17, 15) is 24.0 Å². The molecule has 0 bridgehead atoms. The number of carbonyl (C=O) groups excluding carboxylic acids is 7. The SMILES string of the molecule is NC(N)=NCCC[C@@H]1NC(=O)[C@H](CCCN=C(N)N)NC(=O)[C@H](Cc2cnc[nH]2)NC(=O)[C@H](Cc2ccccc2)NC(=O)[C@H](CCCN=C(N)N)NC(=O)[C@H](Cc2c[nH]c3ccccc23)NC(=O)[C@H](Cc2c[nH]c3ccccc23)NC1=O. The molecule has 0 aliphatic carbocycles. The number of guanidine groups is 3. The molecule has 27 heteroatoms. The molecular formula is C55H72N20O7. The summed E-state index contributed by atoms with van der Waals surface area (Å²) in [5.74, 6) is -6.22. The molecule has 1 saturated heterocycles. The van der Waals surface area contributed by atoms with E-state index in [-0.39, 0.29) is 102 Å². The average molecular weight is 1130 g/mol. The number of aromatic amines is 3. The first-order valence-electron chi connectivity index (χ1n) is 26.9. The van der Waals surface area contributed by atoms with E-state index in [2.05, 4.69) is 72.1 Å². The van der Waals surface area contributed by atoms with E-state index in [4.69, 9.17) is 34.4 Å². The molecule has 22 N–H and O–H groups in total. The van der Waals surface area contributed by atoms with Crippen molar-refractivity contribution < 1.29 is 33.6 Å². The number of hydrogen-bond acceptors (Lipinski definition) is 11. The molecule has 1 aliphatic rings. The topological polar surface area (TPSA) is 457 Å². The number of aromatic nitrogens is 4. The largest absolute Gasteiger partial charge is 0.370 e. The zero-order chi connectivity index (χ0) is 58.5. The van der Waals surface area contributed by atoms with Crippen LogP contribution in [0, 0.1) is 0 Å². The van der Waals surface area contributed by atoms with Crippen LogP contribution in [-0.4, -0.2) is 141 Å². The normalized spacial score (nSPS) is 20.6. The average Bonchev–Trinajstić information content (AvgIpc) is 4.28. The van der Waals surface area contributed by atoms with Crippen molar-refractivity contribution in [2.24, 2.45) is 49.4 Å². The van der Waals surface area contributed by atoms with Crippen LogP contribution < -0.4 is 71.6 Å². The zero-order valence-electron chi connectivity index (χ0n) is 45.2. The minimum Gasteiger partial charge on any atom is -0.370 e. The number of imidazole rings is 1. The van der Waals surface area contributed by atoms with Crippen molar-refractivity contribution in [3.05, 3.63) is 126 Å². The number of nitrogens with two attached hydrogens (primary N) is 6. The summed E-state index contributed by atoms with van der Waals surface area (Å²) in [7, 11) is 0. The van der Waals surface area contributed by atoms with Crippen LogP contribution in [0.3, 0.4) is 0 Å². The summed E-state index contributed by atoms with van der Waals surface area (Å²) in [4.78, 5) is 130. The molecule has 3 aromatic heterocycles. The number of rotatable bonds is 20. The summed E-state index contributed by atoms with van der Waals surface area (Å²) >= 11 is 0. The standard InChI is InChI=1S/C55H72N20O7/c56-53(57)63-20-8-17-39-46(76)69-40(18-9-21-64-54(58)59)48(78)73-44(25-33-28-67-38-16-7-5-14-36(33)38)51(81)74-43(24-32-27-66-37-15-6-4-13-35(32)37)50(80)70-41(19-10-22-65-55(60)61)47(77)72-42(23-31-11-2-1-3-12-31)49(79)75-45(52(82)71-39)26-34-29-62-30-68-34/h1-7,11-16,27-30,39-45,66-67H,8-10,17-26H2,(H,62,68)(H,69,76)(H,70,80)(H,71,82)(H,72,77)(H,73,78)(H,74,81)(H,75,79)(H4,56,57,63)(H4,58,59,64)(H4,60,61,65)/t39-,40-,41-,42-,43-,44-,45-/m0/s1. The smallest absolute Gasteiger partial charge is 0.243 e. The zero-order valence-corrected chi connectivity index (χ0v) is 45.2. The molecule has 434 valence electrons. The van der Waals surface area contributed by atoms with Gasteiger partial charge in [0.2, 0.25) is 41.4 Å². The van der Waals surface area contributed by atoms with Crippen LogP contribution in [0.25, 0.3) is 21.8 Å². The van der Waals surface area contributed by atoms with Gasteiger partial charge in [0.1, 0.15) is 42.3 Å². The molecule has 0 saturated carbocycles. The number of H-pyrrole nitrogens is 3. The maximum Gasteiger partial charge on any atom is 0.243 e. The van der Waals surface area contributed by atoms with Crippen molar-refractivity contribution in [2.45, 2.75) is 107 Å². The fourth-order valence-corrected chi connectivity index (χ4v) is 9.57. The number of carbonyl (C=O) groups is 7. The summed E-state index contributed by atoms with van der Waals surface area (Å²) in [5.41, 5.74) is 37.7. The minimum atomic E-state index is -1.41. The quantitative estimate of drug-likeness (QED) is 0.0228. The van der Waals surface area contributed by atoms with Crippen LogP contribution >= 0.6 is 0 Å². The molecule has 0 unspecified atom stereocenters. The maximum absolute atomic E-state index is 15.2. The van der Waals surface area contributed by atoms with E-state index in [1.807, 2.05) is 48.5 Å². The predicted molar refractivity (Wildman–Crippen MR) is 310 cm³/mol. The summed E-state index contributed by atoms with van der Waals surface area (Å²) in [6, 6.07) is 13.8. The van der Waals surface area contributed by atoms with E-state index >= 15 is 9.59 Å². The van der Waals surface area contributed by atoms with Crippen LogP contribution in [0.15, 0.2) is 119 Å². The molecule has 7 atom stereocenters. The minimum absolute atomic E-state index is 0.0530. The highest BCUT2D eigenvalue weighted by Crippen LogP contribution is 2.22. The molecule has 0 spiro atoms. The first-order valence-corrected chi connectivity index (χ1v) is 26.9. The van der Waals surface area contributed by atoms with Gasteiger partial charge in [-0.3, -0.25) is 48.5 Å². The monoisotopic (exact) mass is 1120 g/mol. The second kappa shape index (κ2) is 29.3. The molecule has 7 rings (SSSR count). The van der Waals surface area contributed by atoms with Gasteiger partial charge in [0.25, 0.3) is 0 Å². The lowest BCUT2D eigenvalue weighted by atomic mass is 10.00. The summed E-state index contributed by atoms with van der Waals surface area (Å²) in [6.07, 6.45) is 6.11. The molecule has 0 radical (unpaired) electrons. The number of nitrogens with one attached hydrogen (secondary N) is 10. The Labute approximate surface area is 471 Å². The van der Waals surface area contributed by atoms with Crippen molar-refractivity contribution >= 4 is 81.0 Å². The number of nitrogens with zero attached hydrogens (tertiary/aromatic N) is 4. The van der Waals surface area contributed by atoms with Crippen LogP contribution in [0.4, 0.5) is 0 Å². The molecule has 4 heterocycles. The maximum atomic E-state index is 15.2. The fraction of sp³-hybridized carbons (Fsp3) is 0.364. The van der Waals surface area contributed by atoms with E-state index < -0.39 is 83.6 Å². The molecule has 1 fully saturated rings. The molecular weight excluding hydrogens is 1050 g/mol. The molecule has 27 nitrogen and oxygen atoms in total. The third-order valence-electron chi connectivity index (χ3n) is 13.7.